The summed E-state index contributed by atoms with van der Waals surface area (Å²) in [6.45, 7) is 1.41. The number of benzene rings is 2. The summed E-state index contributed by atoms with van der Waals surface area (Å²) >= 11 is 0. The van der Waals surface area contributed by atoms with E-state index in [1.54, 1.807) is 4.57 Å². The number of aromatic amines is 1. The van der Waals surface area contributed by atoms with Crippen molar-refractivity contribution in [3.8, 4) is 0 Å². The van der Waals surface area contributed by atoms with E-state index in [0.717, 1.165) is 36.0 Å². The number of anilines is 1. The van der Waals surface area contributed by atoms with Crippen molar-refractivity contribution >= 4 is 22.6 Å². The lowest BCUT2D eigenvalue weighted by molar-refractivity contribution is -0.117. The number of imidazole rings is 1. The van der Waals surface area contributed by atoms with Crippen molar-refractivity contribution in [1.29, 1.82) is 0 Å². The van der Waals surface area contributed by atoms with Gasteiger partial charge in [-0.2, -0.15) is 0 Å². The van der Waals surface area contributed by atoms with Crippen LogP contribution in [0, 0.1) is 11.6 Å². The van der Waals surface area contributed by atoms with Crippen molar-refractivity contribution in [3.05, 3.63) is 64.6 Å². The van der Waals surface area contributed by atoms with Gasteiger partial charge in [-0.25, -0.2) is 13.6 Å². The highest BCUT2D eigenvalue weighted by Gasteiger charge is 2.24. The van der Waals surface area contributed by atoms with Crippen LogP contribution >= 0.6 is 0 Å². The average molecular weight is 386 g/mol. The van der Waals surface area contributed by atoms with Gasteiger partial charge < -0.3 is 10.3 Å². The van der Waals surface area contributed by atoms with E-state index in [9.17, 15) is 18.4 Å². The topological polar surface area (TPSA) is 70.1 Å². The molecule has 1 fully saturated rings. The Labute approximate surface area is 159 Å². The second-order valence-corrected chi connectivity index (χ2v) is 7.00. The van der Waals surface area contributed by atoms with E-state index in [2.05, 4.69) is 10.3 Å². The summed E-state index contributed by atoms with van der Waals surface area (Å²) in [6.07, 6.45) is 1.47. The van der Waals surface area contributed by atoms with Gasteiger partial charge in [0.25, 0.3) is 0 Å². The number of piperidine rings is 1. The lowest BCUT2D eigenvalue weighted by Gasteiger charge is -2.32. The number of nitrogens with zero attached hydrogens (tertiary/aromatic N) is 2. The molecule has 2 heterocycles. The number of para-hydroxylation sites is 2. The Morgan fingerprint density at radius 1 is 1.14 bits per heavy atom. The molecule has 0 aliphatic carbocycles. The molecule has 1 aromatic heterocycles. The Balaban J connectivity index is 1.37. The van der Waals surface area contributed by atoms with Crippen molar-refractivity contribution in [2.24, 2.45) is 0 Å². The molecule has 0 spiro atoms. The predicted molar refractivity (Wildman–Crippen MR) is 102 cm³/mol. The molecule has 0 bridgehead atoms. The van der Waals surface area contributed by atoms with Crippen molar-refractivity contribution in [3.63, 3.8) is 0 Å². The van der Waals surface area contributed by atoms with Crippen LogP contribution in [0.25, 0.3) is 11.0 Å². The third-order valence-electron chi connectivity index (χ3n) is 5.12. The number of halogens is 2. The zero-order valence-corrected chi connectivity index (χ0v) is 15.1. The van der Waals surface area contributed by atoms with Crippen LogP contribution in [-0.4, -0.2) is 40.0 Å². The number of carbonyl (C=O) groups excluding carboxylic acids is 1. The first-order valence-electron chi connectivity index (χ1n) is 9.18. The molecule has 0 atom stereocenters. The van der Waals surface area contributed by atoms with E-state index in [1.165, 1.54) is 6.07 Å². The second kappa shape index (κ2) is 7.55. The molecule has 8 heteroatoms. The van der Waals surface area contributed by atoms with Crippen molar-refractivity contribution in [2.75, 3.05) is 25.0 Å². The maximum absolute atomic E-state index is 13.7. The minimum atomic E-state index is -0.800. The standard InChI is InChI=1S/C20H20F2N4O2/c21-13-5-6-16(15(22)11-13)23-19(27)12-25-9-7-14(8-10-25)26-18-4-2-1-3-17(18)24-20(26)28/h1-6,11,14H,7-10,12H2,(H,23,27)(H,24,28). The molecule has 4 rings (SSSR count). The van der Waals surface area contributed by atoms with Gasteiger partial charge in [0.2, 0.25) is 5.91 Å². The molecule has 146 valence electrons. The molecular weight excluding hydrogens is 366 g/mol. The number of hydrogen-bond acceptors (Lipinski definition) is 3. The van der Waals surface area contributed by atoms with Gasteiger partial charge in [-0.15, -0.1) is 0 Å². The molecule has 0 saturated carbocycles. The highest BCUT2D eigenvalue weighted by Crippen LogP contribution is 2.24. The first-order valence-corrected chi connectivity index (χ1v) is 9.18. The molecule has 6 nitrogen and oxygen atoms in total. The number of nitrogens with one attached hydrogen (secondary N) is 2. The molecule has 0 radical (unpaired) electrons. The van der Waals surface area contributed by atoms with Crippen molar-refractivity contribution in [1.82, 2.24) is 14.5 Å². The number of hydrogen-bond donors (Lipinski definition) is 2. The minimum Gasteiger partial charge on any atom is -0.322 e. The van der Waals surface area contributed by atoms with Crippen LogP contribution in [-0.2, 0) is 4.79 Å². The van der Waals surface area contributed by atoms with E-state index < -0.39 is 11.6 Å². The molecule has 1 aliphatic rings. The van der Waals surface area contributed by atoms with Gasteiger partial charge in [-0.05, 0) is 37.1 Å². The Morgan fingerprint density at radius 2 is 1.89 bits per heavy atom. The Hall–Kier alpha value is -3.00. The fourth-order valence-corrected chi connectivity index (χ4v) is 3.76. The summed E-state index contributed by atoms with van der Waals surface area (Å²) < 4.78 is 28.4. The highest BCUT2D eigenvalue weighted by atomic mass is 19.1. The Kier molecular flexibility index (Phi) is 4.95. The first-order chi connectivity index (χ1) is 13.5. The maximum atomic E-state index is 13.7. The lowest BCUT2D eigenvalue weighted by Crippen LogP contribution is -2.41. The SMILES string of the molecule is O=C(CN1CCC(n2c(=O)[nH]c3ccccc32)CC1)Nc1ccc(F)cc1F. The normalized spacial score (nSPS) is 15.8. The van der Waals surface area contributed by atoms with Crippen LogP contribution in [0.4, 0.5) is 14.5 Å². The number of H-pyrrole nitrogens is 1. The molecule has 28 heavy (non-hydrogen) atoms. The lowest BCUT2D eigenvalue weighted by atomic mass is 10.0. The number of aromatic nitrogens is 2. The molecule has 3 aromatic rings. The summed E-state index contributed by atoms with van der Waals surface area (Å²) in [5, 5.41) is 2.47. The fraction of sp³-hybridized carbons (Fsp3) is 0.300. The van der Waals surface area contributed by atoms with Crippen LogP contribution in [0.3, 0.4) is 0 Å². The smallest absolute Gasteiger partial charge is 0.322 e. The van der Waals surface area contributed by atoms with Crippen LogP contribution in [0.15, 0.2) is 47.3 Å². The van der Waals surface area contributed by atoms with Crippen LogP contribution in [0.5, 0.6) is 0 Å². The minimum absolute atomic E-state index is 0.0355. The van der Waals surface area contributed by atoms with E-state index in [-0.39, 0.29) is 29.9 Å². The zero-order valence-electron chi connectivity index (χ0n) is 15.1. The molecule has 0 unspecified atom stereocenters. The number of fused-ring (bicyclic) bond motifs is 1. The van der Waals surface area contributed by atoms with Gasteiger partial charge in [-0.1, -0.05) is 12.1 Å². The average Bonchev–Trinajstić information content (AvgIpc) is 3.00. The van der Waals surface area contributed by atoms with Gasteiger partial charge in [-0.3, -0.25) is 14.3 Å². The van der Waals surface area contributed by atoms with E-state index in [1.807, 2.05) is 29.2 Å². The molecule has 1 amide bonds. The predicted octanol–water partition coefficient (Wildman–Crippen LogP) is 2.88. The number of amides is 1. The fourth-order valence-electron chi connectivity index (χ4n) is 3.76. The van der Waals surface area contributed by atoms with Gasteiger partial charge >= 0.3 is 5.69 Å². The zero-order chi connectivity index (χ0) is 19.7. The highest BCUT2D eigenvalue weighted by molar-refractivity contribution is 5.92. The molecule has 1 aliphatic heterocycles. The van der Waals surface area contributed by atoms with Crippen molar-refractivity contribution < 1.29 is 13.6 Å². The molecule has 2 aromatic carbocycles. The maximum Gasteiger partial charge on any atom is 0.326 e. The first kappa shape index (κ1) is 18.4. The summed E-state index contributed by atoms with van der Waals surface area (Å²) in [6, 6.07) is 10.7. The monoisotopic (exact) mass is 386 g/mol. The summed E-state index contributed by atoms with van der Waals surface area (Å²) in [7, 11) is 0. The molecule has 2 N–H and O–H groups in total. The van der Waals surface area contributed by atoms with Crippen LogP contribution in [0.2, 0.25) is 0 Å². The number of carbonyl (C=O) groups is 1. The van der Waals surface area contributed by atoms with Gasteiger partial charge in [0.05, 0.1) is 23.3 Å². The Bertz CT molecular complexity index is 1070. The summed E-state index contributed by atoms with van der Waals surface area (Å²) in [5.41, 5.74) is 1.54. The van der Waals surface area contributed by atoms with Gasteiger partial charge in [0.15, 0.2) is 0 Å². The summed E-state index contributed by atoms with van der Waals surface area (Å²) in [5.74, 6) is -1.84. The summed E-state index contributed by atoms with van der Waals surface area (Å²) in [4.78, 5) is 29.3. The van der Waals surface area contributed by atoms with E-state index in [4.69, 9.17) is 0 Å². The number of likely N-dealkylation sites (tertiary alicyclic amines) is 1. The third kappa shape index (κ3) is 3.68. The molecular formula is C20H20F2N4O2. The Morgan fingerprint density at radius 3 is 2.64 bits per heavy atom. The van der Waals surface area contributed by atoms with Crippen LogP contribution < -0.4 is 11.0 Å². The van der Waals surface area contributed by atoms with Crippen molar-refractivity contribution in [2.45, 2.75) is 18.9 Å². The quantitative estimate of drug-likeness (QED) is 0.724. The van der Waals surface area contributed by atoms with E-state index in [0.29, 0.717) is 13.1 Å². The molecule has 1 saturated heterocycles. The third-order valence-corrected chi connectivity index (χ3v) is 5.12. The van der Waals surface area contributed by atoms with Gasteiger partial charge in [0, 0.05) is 25.2 Å². The van der Waals surface area contributed by atoms with Gasteiger partial charge in [0.1, 0.15) is 11.6 Å². The number of rotatable bonds is 4. The largest absolute Gasteiger partial charge is 0.326 e. The van der Waals surface area contributed by atoms with E-state index >= 15 is 0 Å². The second-order valence-electron chi connectivity index (χ2n) is 7.00. The van der Waals surface area contributed by atoms with Crippen LogP contribution in [0.1, 0.15) is 18.9 Å².